The van der Waals surface area contributed by atoms with E-state index in [-0.39, 0.29) is 11.1 Å². The molecular weight excluding hydrogens is 460 g/mol. The second kappa shape index (κ2) is 7.04. The lowest BCUT2D eigenvalue weighted by atomic mass is 9.78. The Morgan fingerprint density at radius 3 is 1.80 bits per heavy atom. The second-order valence-electron chi connectivity index (χ2n) is 11.1. The SMILES string of the molecule is CN(C)c1ccc2c(c1)[SH](C)(C)(C)c1cc(N(C)C)ccc1C21OC(=O)c2c(C(=O)O)cccc21. The lowest BCUT2D eigenvalue weighted by Crippen LogP contribution is -2.39. The van der Waals surface area contributed by atoms with Crippen LogP contribution in [0.3, 0.4) is 0 Å². The largest absolute Gasteiger partial charge is 0.478 e. The van der Waals surface area contributed by atoms with Gasteiger partial charge in [-0.1, -0.05) is 24.3 Å². The van der Waals surface area contributed by atoms with Gasteiger partial charge >= 0.3 is 11.9 Å². The predicted octanol–water partition coefficient (Wildman–Crippen LogP) is 4.67. The van der Waals surface area contributed by atoms with Gasteiger partial charge in [0, 0.05) is 56.3 Å². The molecule has 184 valence electrons. The third-order valence-corrected chi connectivity index (χ3v) is 11.7. The predicted molar refractivity (Wildman–Crippen MR) is 144 cm³/mol. The summed E-state index contributed by atoms with van der Waals surface area (Å²) in [6.45, 7) is 0. The number of fused-ring (bicyclic) bond motifs is 6. The van der Waals surface area contributed by atoms with Crippen molar-refractivity contribution in [3.05, 3.63) is 82.4 Å². The lowest BCUT2D eigenvalue weighted by Gasteiger charge is -2.60. The summed E-state index contributed by atoms with van der Waals surface area (Å²) in [4.78, 5) is 31.9. The van der Waals surface area contributed by atoms with Crippen LogP contribution in [-0.4, -0.2) is 64.0 Å². The summed E-state index contributed by atoms with van der Waals surface area (Å²) in [5, 5.41) is 9.85. The lowest BCUT2D eigenvalue weighted by molar-refractivity contribution is 0.0229. The number of benzene rings is 3. The Hall–Kier alpha value is -3.45. The van der Waals surface area contributed by atoms with E-state index in [0.717, 1.165) is 32.3 Å². The topological polar surface area (TPSA) is 70.1 Å². The summed E-state index contributed by atoms with van der Waals surface area (Å²) < 4.78 is 6.33. The van der Waals surface area contributed by atoms with Crippen LogP contribution in [-0.2, 0) is 10.3 Å². The molecule has 3 aromatic carbocycles. The van der Waals surface area contributed by atoms with Crippen molar-refractivity contribution in [2.75, 3.05) is 56.8 Å². The van der Waals surface area contributed by atoms with Crippen molar-refractivity contribution in [3.63, 3.8) is 0 Å². The summed E-state index contributed by atoms with van der Waals surface area (Å²) >= 11 is 0. The molecule has 2 aliphatic heterocycles. The van der Waals surface area contributed by atoms with Gasteiger partial charge in [-0.25, -0.2) is 18.8 Å². The van der Waals surface area contributed by atoms with Crippen molar-refractivity contribution >= 4 is 32.5 Å². The monoisotopic (exact) mass is 492 g/mol. The first kappa shape index (κ1) is 23.3. The van der Waals surface area contributed by atoms with E-state index >= 15 is 0 Å². The summed E-state index contributed by atoms with van der Waals surface area (Å²) in [7, 11) is 5.33. The molecule has 0 aliphatic carbocycles. The highest BCUT2D eigenvalue weighted by molar-refractivity contribution is 8.48. The van der Waals surface area contributed by atoms with Crippen molar-refractivity contribution in [1.29, 1.82) is 0 Å². The fourth-order valence-electron chi connectivity index (χ4n) is 5.65. The molecule has 2 aliphatic rings. The number of thiol groups is 1. The van der Waals surface area contributed by atoms with Crippen LogP contribution in [0.4, 0.5) is 11.4 Å². The molecule has 0 unspecified atom stereocenters. The molecule has 0 saturated carbocycles. The van der Waals surface area contributed by atoms with Crippen molar-refractivity contribution in [1.82, 2.24) is 0 Å². The van der Waals surface area contributed by atoms with Crippen LogP contribution in [0.5, 0.6) is 0 Å². The quantitative estimate of drug-likeness (QED) is 0.409. The molecule has 3 aromatic rings. The Balaban J connectivity index is 1.97. The first-order valence-corrected chi connectivity index (χ1v) is 15.1. The molecule has 7 heteroatoms. The Labute approximate surface area is 206 Å². The van der Waals surface area contributed by atoms with Gasteiger partial charge in [0.15, 0.2) is 5.60 Å². The molecule has 0 fully saturated rings. The molecule has 1 spiro atoms. The summed E-state index contributed by atoms with van der Waals surface area (Å²) in [5.74, 6) is -1.74. The molecular formula is C28H32N2O4S. The zero-order chi connectivity index (χ0) is 25.5. The number of carbonyl (C=O) groups is 2. The first-order chi connectivity index (χ1) is 16.3. The third-order valence-electron chi connectivity index (χ3n) is 7.56. The first-order valence-electron chi connectivity index (χ1n) is 11.5. The normalized spacial score (nSPS) is 21.7. The van der Waals surface area contributed by atoms with Gasteiger partial charge in [0.25, 0.3) is 0 Å². The van der Waals surface area contributed by atoms with E-state index < -0.39 is 26.7 Å². The maximum absolute atomic E-state index is 13.4. The average molecular weight is 493 g/mol. The number of nitrogens with zero attached hydrogens (tertiary/aromatic N) is 2. The van der Waals surface area contributed by atoms with Gasteiger partial charge in [0.2, 0.25) is 0 Å². The van der Waals surface area contributed by atoms with E-state index in [9.17, 15) is 14.7 Å². The fourth-order valence-corrected chi connectivity index (χ4v) is 9.23. The standard InChI is InChI=1S/C28H32N2O4S/c1-29(2)17-11-13-20-23(15-17)35(5,6,7)24-16-18(30(3)4)12-14-21(24)28(20)22-10-8-9-19(26(31)32)25(22)27(33)34-28/h8-16,35H,1-7H3,(H,31,32). The van der Waals surface area contributed by atoms with Crippen LogP contribution >= 0.6 is 9.16 Å². The van der Waals surface area contributed by atoms with Crippen molar-refractivity contribution in [3.8, 4) is 0 Å². The van der Waals surface area contributed by atoms with Crippen molar-refractivity contribution in [2.45, 2.75) is 15.4 Å². The molecule has 0 amide bonds. The van der Waals surface area contributed by atoms with Crippen molar-refractivity contribution < 1.29 is 19.4 Å². The minimum atomic E-state index is -2.72. The molecule has 35 heavy (non-hydrogen) atoms. The third kappa shape index (κ3) is 2.97. The Bertz CT molecular complexity index is 1370. The molecule has 5 rings (SSSR count). The molecule has 0 radical (unpaired) electrons. The number of hydrogen-bond acceptors (Lipinski definition) is 5. The van der Waals surface area contributed by atoms with Crippen LogP contribution in [0.25, 0.3) is 0 Å². The van der Waals surface area contributed by atoms with E-state index in [1.807, 2.05) is 46.4 Å². The van der Waals surface area contributed by atoms with Gasteiger partial charge in [-0.15, -0.1) is 0 Å². The van der Waals surface area contributed by atoms with E-state index in [4.69, 9.17) is 4.74 Å². The zero-order valence-corrected chi connectivity index (χ0v) is 22.1. The van der Waals surface area contributed by atoms with Gasteiger partial charge < -0.3 is 19.6 Å². The minimum Gasteiger partial charge on any atom is -0.478 e. The van der Waals surface area contributed by atoms with Crippen LogP contribution in [0.2, 0.25) is 0 Å². The Morgan fingerprint density at radius 2 is 1.34 bits per heavy atom. The van der Waals surface area contributed by atoms with E-state index in [1.165, 1.54) is 6.07 Å². The molecule has 6 nitrogen and oxygen atoms in total. The number of ether oxygens (including phenoxy) is 1. The van der Waals surface area contributed by atoms with Crippen LogP contribution in [0.1, 0.15) is 37.4 Å². The smallest absolute Gasteiger partial charge is 0.341 e. The Morgan fingerprint density at radius 1 is 0.829 bits per heavy atom. The maximum atomic E-state index is 13.4. The highest BCUT2D eigenvalue weighted by Crippen LogP contribution is 2.80. The van der Waals surface area contributed by atoms with E-state index in [2.05, 4.69) is 52.8 Å². The zero-order valence-electron chi connectivity index (χ0n) is 21.2. The number of carbonyl (C=O) groups excluding carboxylic acids is 1. The molecule has 0 saturated heterocycles. The van der Waals surface area contributed by atoms with E-state index in [0.29, 0.717) is 5.56 Å². The summed E-state index contributed by atoms with van der Waals surface area (Å²) in [5.41, 5.74) is 3.43. The molecule has 1 N–H and O–H groups in total. The number of hydrogen-bond donors (Lipinski definition) is 2. The van der Waals surface area contributed by atoms with Gasteiger partial charge in [0.1, 0.15) is 0 Å². The number of aromatic carboxylic acids is 1. The number of anilines is 2. The van der Waals surface area contributed by atoms with Gasteiger partial charge in [0.05, 0.1) is 11.1 Å². The Kier molecular flexibility index (Phi) is 4.69. The summed E-state index contributed by atoms with van der Waals surface area (Å²) in [6, 6.07) is 17.6. The number of esters is 1. The van der Waals surface area contributed by atoms with Gasteiger partial charge in [-0.2, -0.15) is 0 Å². The number of carboxylic acid groups (broad SMARTS) is 1. The van der Waals surface area contributed by atoms with Crippen LogP contribution in [0, 0.1) is 0 Å². The number of rotatable bonds is 3. The highest BCUT2D eigenvalue weighted by Gasteiger charge is 2.57. The average Bonchev–Trinajstić information content (AvgIpc) is 3.10. The van der Waals surface area contributed by atoms with Crippen LogP contribution < -0.4 is 9.80 Å². The molecule has 2 heterocycles. The number of carboxylic acids is 1. The van der Waals surface area contributed by atoms with Crippen LogP contribution in [0.15, 0.2) is 64.4 Å². The summed E-state index contributed by atoms with van der Waals surface area (Å²) in [6.07, 6.45) is 7.00. The highest BCUT2D eigenvalue weighted by atomic mass is 32.3. The van der Waals surface area contributed by atoms with Gasteiger partial charge in [-0.3, -0.25) is 0 Å². The van der Waals surface area contributed by atoms with Crippen molar-refractivity contribution in [2.24, 2.45) is 0 Å². The van der Waals surface area contributed by atoms with Gasteiger partial charge in [-0.05, 0) is 58.9 Å². The minimum absolute atomic E-state index is 0.0325. The second-order valence-corrected chi connectivity index (χ2v) is 17.6. The van der Waals surface area contributed by atoms with E-state index in [1.54, 1.807) is 6.07 Å². The molecule has 0 atom stereocenters. The maximum Gasteiger partial charge on any atom is 0.341 e. The fraction of sp³-hybridized carbons (Fsp3) is 0.286. The molecule has 0 aromatic heterocycles. The molecule has 0 bridgehead atoms.